The topological polar surface area (TPSA) is 17.1 Å². The summed E-state index contributed by atoms with van der Waals surface area (Å²) in [7, 11) is 0.186. The minimum absolute atomic E-state index is 0. The van der Waals surface area contributed by atoms with Crippen LogP contribution in [0.15, 0.2) is 42.5 Å². The molecule has 0 fully saturated rings. The SMILES string of the molecule is CC(C)c1cc(C(C)C)c(C(=O)Pc2ccccc2)c(C(C)C)c1.[Li]. The first-order valence-electron chi connectivity index (χ1n) is 8.85. The van der Waals surface area contributed by atoms with Gasteiger partial charge in [-0.3, -0.25) is 4.79 Å². The molecule has 2 aromatic carbocycles. The molecule has 25 heavy (non-hydrogen) atoms. The molecular weight excluding hydrogens is 318 g/mol. The zero-order chi connectivity index (χ0) is 17.9. The van der Waals surface area contributed by atoms with Crippen molar-refractivity contribution in [1.29, 1.82) is 0 Å². The Morgan fingerprint density at radius 2 is 1.28 bits per heavy atom. The van der Waals surface area contributed by atoms with E-state index in [1.165, 1.54) is 16.7 Å². The van der Waals surface area contributed by atoms with Gasteiger partial charge >= 0.3 is 0 Å². The van der Waals surface area contributed by atoms with Gasteiger partial charge in [0.15, 0.2) is 5.52 Å². The summed E-state index contributed by atoms with van der Waals surface area (Å²) in [6, 6.07) is 14.6. The van der Waals surface area contributed by atoms with E-state index in [1.807, 2.05) is 30.3 Å². The largest absolute Gasteiger partial charge is 0.289 e. The number of benzene rings is 2. The van der Waals surface area contributed by atoms with Gasteiger partial charge in [-0.1, -0.05) is 84.0 Å². The van der Waals surface area contributed by atoms with Gasteiger partial charge in [0.05, 0.1) is 0 Å². The monoisotopic (exact) mass is 347 g/mol. The third kappa shape index (κ3) is 5.56. The molecule has 1 nitrogen and oxygen atoms in total. The van der Waals surface area contributed by atoms with E-state index in [4.69, 9.17) is 0 Å². The Kier molecular flexibility index (Phi) is 8.63. The molecule has 1 radical (unpaired) electrons. The molecule has 0 saturated heterocycles. The van der Waals surface area contributed by atoms with E-state index in [0.717, 1.165) is 10.9 Å². The van der Waals surface area contributed by atoms with Crippen molar-refractivity contribution >= 4 is 38.3 Å². The van der Waals surface area contributed by atoms with Gasteiger partial charge in [0.1, 0.15) is 0 Å². The van der Waals surface area contributed by atoms with Crippen LogP contribution in [0.5, 0.6) is 0 Å². The van der Waals surface area contributed by atoms with Crippen molar-refractivity contribution in [2.45, 2.75) is 59.3 Å². The standard InChI is InChI=1S/C22H29OP.Li/c1-14(2)17-12-19(15(3)4)21(20(13-17)16(5)6)22(23)24-18-10-8-7-9-11-18;/h7-16,24H,1-6H3;. The van der Waals surface area contributed by atoms with Crippen LogP contribution in [0.3, 0.4) is 0 Å². The predicted molar refractivity (Wildman–Crippen MR) is 113 cm³/mol. The average molecular weight is 347 g/mol. The molecule has 0 aliphatic rings. The zero-order valence-corrected chi connectivity index (χ0v) is 17.7. The second-order valence-corrected chi connectivity index (χ2v) is 8.64. The molecule has 0 amide bonds. The Bertz CT molecular complexity index is 676. The second kappa shape index (κ2) is 9.73. The van der Waals surface area contributed by atoms with E-state index >= 15 is 0 Å². The molecule has 0 saturated carbocycles. The summed E-state index contributed by atoms with van der Waals surface area (Å²) < 4.78 is 0. The van der Waals surface area contributed by atoms with Crippen LogP contribution >= 0.6 is 8.58 Å². The zero-order valence-electron chi connectivity index (χ0n) is 16.7. The Balaban J connectivity index is 0.00000312. The maximum absolute atomic E-state index is 13.2. The van der Waals surface area contributed by atoms with Crippen molar-refractivity contribution < 1.29 is 4.79 Å². The molecule has 3 heteroatoms. The number of carbonyl (C=O) groups excluding carboxylic acids is 1. The van der Waals surface area contributed by atoms with Gasteiger partial charge < -0.3 is 0 Å². The van der Waals surface area contributed by atoms with Crippen LogP contribution < -0.4 is 5.30 Å². The average Bonchev–Trinajstić information content (AvgIpc) is 2.54. The summed E-state index contributed by atoms with van der Waals surface area (Å²) in [4.78, 5) is 13.2. The summed E-state index contributed by atoms with van der Waals surface area (Å²) in [5, 5.41) is 1.11. The molecule has 2 aromatic rings. The molecule has 0 bridgehead atoms. The maximum atomic E-state index is 13.2. The van der Waals surface area contributed by atoms with Gasteiger partial charge in [0, 0.05) is 24.4 Å². The van der Waals surface area contributed by atoms with Crippen LogP contribution in [0.25, 0.3) is 0 Å². The summed E-state index contributed by atoms with van der Waals surface area (Å²) >= 11 is 0. The van der Waals surface area contributed by atoms with Gasteiger partial charge in [-0.25, -0.2) is 0 Å². The normalized spacial score (nSPS) is 11.6. The number of hydrogen-bond acceptors (Lipinski definition) is 1. The van der Waals surface area contributed by atoms with Gasteiger partial charge in [-0.15, -0.1) is 0 Å². The molecule has 2 rings (SSSR count). The van der Waals surface area contributed by atoms with Gasteiger partial charge in [0.2, 0.25) is 0 Å². The van der Waals surface area contributed by atoms with Crippen LogP contribution in [0, 0.1) is 0 Å². The van der Waals surface area contributed by atoms with Crippen LogP contribution in [0.4, 0.5) is 0 Å². The van der Waals surface area contributed by atoms with Crippen molar-refractivity contribution in [3.8, 4) is 0 Å². The van der Waals surface area contributed by atoms with E-state index in [2.05, 4.69) is 53.7 Å². The molecule has 1 unspecified atom stereocenters. The molecule has 0 N–H and O–H groups in total. The van der Waals surface area contributed by atoms with Crippen LogP contribution in [0.2, 0.25) is 0 Å². The third-order valence-corrected chi connectivity index (χ3v) is 5.49. The minimum atomic E-state index is 0. The third-order valence-electron chi connectivity index (χ3n) is 4.39. The van der Waals surface area contributed by atoms with E-state index in [1.54, 1.807) is 0 Å². The summed E-state index contributed by atoms with van der Waals surface area (Å²) in [5.41, 5.74) is 4.98. The first-order valence-corrected chi connectivity index (χ1v) is 9.85. The quantitative estimate of drug-likeness (QED) is 0.475. The molecule has 0 aromatic heterocycles. The number of hydrogen-bond donors (Lipinski definition) is 0. The second-order valence-electron chi connectivity index (χ2n) is 7.36. The molecule has 0 aliphatic carbocycles. The van der Waals surface area contributed by atoms with Gasteiger partial charge in [-0.2, -0.15) is 0 Å². The van der Waals surface area contributed by atoms with Crippen LogP contribution in [0.1, 0.15) is 86.3 Å². The fraction of sp³-hybridized carbons (Fsp3) is 0.409. The van der Waals surface area contributed by atoms with Crippen molar-refractivity contribution in [3.05, 3.63) is 64.7 Å². The molecule has 0 aliphatic heterocycles. The molecular formula is C22H29LiOP. The summed E-state index contributed by atoms with van der Waals surface area (Å²) in [6.45, 7) is 13.2. The van der Waals surface area contributed by atoms with E-state index in [9.17, 15) is 4.79 Å². The van der Waals surface area contributed by atoms with Crippen LogP contribution in [-0.2, 0) is 0 Å². The Labute approximate surface area is 167 Å². The van der Waals surface area contributed by atoms with E-state index < -0.39 is 0 Å². The van der Waals surface area contributed by atoms with Crippen molar-refractivity contribution in [3.63, 3.8) is 0 Å². The van der Waals surface area contributed by atoms with Crippen molar-refractivity contribution in [2.24, 2.45) is 0 Å². The Morgan fingerprint density at radius 1 is 0.800 bits per heavy atom. The minimum Gasteiger partial charge on any atom is -0.289 e. The Morgan fingerprint density at radius 3 is 1.68 bits per heavy atom. The fourth-order valence-electron chi connectivity index (χ4n) is 2.93. The van der Waals surface area contributed by atoms with Crippen LogP contribution in [-0.4, -0.2) is 24.4 Å². The number of rotatable bonds is 6. The first kappa shape index (κ1) is 22.2. The van der Waals surface area contributed by atoms with E-state index in [-0.39, 0.29) is 33.0 Å². The maximum Gasteiger partial charge on any atom is 0.186 e. The molecule has 129 valence electrons. The van der Waals surface area contributed by atoms with Gasteiger partial charge in [-0.05, 0) is 48.3 Å². The smallest absolute Gasteiger partial charge is 0.186 e. The summed E-state index contributed by atoms with van der Waals surface area (Å²) in [5.74, 6) is 1.17. The number of carbonyl (C=O) groups is 1. The summed E-state index contributed by atoms with van der Waals surface area (Å²) in [6.07, 6.45) is 0. The first-order chi connectivity index (χ1) is 11.3. The Hall–Kier alpha value is -0.863. The predicted octanol–water partition coefficient (Wildman–Crippen LogP) is 5.82. The van der Waals surface area contributed by atoms with Gasteiger partial charge in [0.25, 0.3) is 0 Å². The molecule has 1 atom stereocenters. The van der Waals surface area contributed by atoms with Crippen molar-refractivity contribution in [1.82, 2.24) is 0 Å². The molecule has 0 spiro atoms. The fourth-order valence-corrected chi connectivity index (χ4v) is 3.97. The molecule has 0 heterocycles. The van der Waals surface area contributed by atoms with Crippen molar-refractivity contribution in [2.75, 3.05) is 0 Å². The van der Waals surface area contributed by atoms with E-state index in [0.29, 0.717) is 17.8 Å².